The van der Waals surface area contributed by atoms with E-state index in [0.29, 0.717) is 23.7 Å². The Balaban J connectivity index is 0.000000213. The van der Waals surface area contributed by atoms with E-state index < -0.39 is 11.9 Å². The Morgan fingerprint density at radius 2 is 0.739 bits per heavy atom. The summed E-state index contributed by atoms with van der Waals surface area (Å²) in [6.07, 6.45) is 11.6. The molecule has 0 aliphatic rings. The fourth-order valence-corrected chi connectivity index (χ4v) is 11.1. The topological polar surface area (TPSA) is 67.9 Å². The largest absolute Gasteiger partial charge is 2.00 e. The van der Waals surface area contributed by atoms with Gasteiger partial charge in [-0.2, -0.15) is 0 Å². The fraction of sp³-hybridized carbons (Fsp3) is 0.158. The molecular weight excluding hydrogens is 1640 g/mol. The first-order valence-electron chi connectivity index (χ1n) is 30.6. The van der Waals surface area contributed by atoms with E-state index in [1.807, 2.05) is 73.3 Å². The van der Waals surface area contributed by atoms with Gasteiger partial charge in [0.05, 0.1) is 17.2 Å². The van der Waals surface area contributed by atoms with Crippen molar-refractivity contribution in [2.24, 2.45) is 0 Å². The van der Waals surface area contributed by atoms with Crippen LogP contribution in [0, 0.1) is 12.1 Å². The van der Waals surface area contributed by atoms with E-state index in [1.54, 1.807) is 0 Å². The number of rotatable bonds is 16. The van der Waals surface area contributed by atoms with Crippen LogP contribution in [0.4, 0.5) is 34.1 Å². The summed E-state index contributed by atoms with van der Waals surface area (Å²) in [5.41, 5.74) is 19.6. The molecule has 0 amide bonds. The molecule has 0 saturated carbocycles. The normalized spacial score (nSPS) is 11.2. The molecule has 0 saturated heterocycles. The first-order chi connectivity index (χ1) is 44.0. The van der Waals surface area contributed by atoms with Crippen molar-refractivity contribution in [3.63, 3.8) is 0 Å². The molecule has 464 valence electrons. The predicted octanol–water partition coefficient (Wildman–Crippen LogP) is 22.2. The second-order valence-corrected chi connectivity index (χ2v) is 42.2. The Labute approximate surface area is 622 Å². The second-order valence-electron chi connectivity index (χ2n) is 22.5. The summed E-state index contributed by atoms with van der Waals surface area (Å²) < 4.78 is 4.51. The minimum Gasteiger partial charge on any atom is 2.00 e. The third-order valence-corrected chi connectivity index (χ3v) is 15.1. The van der Waals surface area contributed by atoms with Gasteiger partial charge in [-0.1, -0.05) is 171 Å². The van der Waals surface area contributed by atoms with Crippen molar-refractivity contribution < 1.29 is 33.0 Å². The van der Waals surface area contributed by atoms with Crippen LogP contribution in [0.2, 0.25) is 0 Å². The molecule has 8 nitrogen and oxygen atoms in total. The molecule has 12 rings (SSSR count). The minimum atomic E-state index is -3.06. The smallest absolute Gasteiger partial charge is 2.00 e. The molecule has 8 aromatic carbocycles. The number of imidazole rings is 2. The van der Waals surface area contributed by atoms with Crippen molar-refractivity contribution in [1.29, 1.82) is 0 Å². The average Bonchev–Trinajstić information content (AvgIpc) is 1.43. The Morgan fingerprint density at radius 3 is 1.21 bits per heavy atom. The molecule has 0 fully saturated rings. The number of hydrogen-bond donors (Lipinski definition) is 0. The van der Waals surface area contributed by atoms with Crippen molar-refractivity contribution in [3.8, 4) is 56.7 Å². The van der Waals surface area contributed by atoms with Crippen LogP contribution in [-0.4, -0.2) is 92.2 Å². The van der Waals surface area contributed by atoms with Crippen molar-refractivity contribution in [3.05, 3.63) is 290 Å². The summed E-state index contributed by atoms with van der Waals surface area (Å²) in [5.74, 6) is 3.33. The number of benzene rings is 8. The molecule has 0 N–H and O–H groups in total. The van der Waals surface area contributed by atoms with E-state index in [-0.39, 0.29) is 21.1 Å². The molecule has 0 radical (unpaired) electrons. The van der Waals surface area contributed by atoms with Crippen LogP contribution in [-0.2, 0) is 33.0 Å². The molecule has 0 bridgehead atoms. The average molecular weight is 1710 g/mol. The molecule has 0 unspecified atom stereocenters. The molecule has 0 aliphatic carbocycles. The third-order valence-electron chi connectivity index (χ3n) is 15.1. The minimum absolute atomic E-state index is 0. The van der Waals surface area contributed by atoms with Gasteiger partial charge < -0.3 is 19.4 Å². The Morgan fingerprint density at radius 1 is 0.370 bits per heavy atom. The zero-order valence-corrected chi connectivity index (χ0v) is 67.1. The molecule has 0 aliphatic heterocycles. The number of para-hydroxylation sites is 4. The maximum atomic E-state index is 5.01. The zero-order valence-electron chi connectivity index (χ0n) is 53.3. The van der Waals surface area contributed by atoms with Crippen molar-refractivity contribution >= 4 is 135 Å². The van der Waals surface area contributed by atoms with Gasteiger partial charge in [-0.3, -0.25) is 14.5 Å². The molecular formula is C76H70Cl4K2N8Pt2. The van der Waals surface area contributed by atoms with Gasteiger partial charge in [0.1, 0.15) is 5.82 Å². The molecule has 4 heterocycles. The van der Waals surface area contributed by atoms with Crippen LogP contribution in [0.5, 0.6) is 0 Å². The number of halogens is 4. The summed E-state index contributed by atoms with van der Waals surface area (Å²) >= 11 is -0.556. The van der Waals surface area contributed by atoms with Gasteiger partial charge in [0.15, 0.2) is 0 Å². The summed E-state index contributed by atoms with van der Waals surface area (Å²) in [6, 6.07) is 83.2. The first-order valence-corrected chi connectivity index (χ1v) is 57.9. The number of hydrogen-bond acceptors (Lipinski definition) is 6. The van der Waals surface area contributed by atoms with Crippen LogP contribution in [0.3, 0.4) is 0 Å². The molecule has 12 aromatic rings. The van der Waals surface area contributed by atoms with E-state index in [1.165, 1.54) is 96.8 Å². The Hall–Kier alpha value is -4.11. The fourth-order valence-electron chi connectivity index (χ4n) is 11.1. The second kappa shape index (κ2) is 35.8. The van der Waals surface area contributed by atoms with E-state index in [2.05, 4.69) is 279 Å². The van der Waals surface area contributed by atoms with Crippen LogP contribution >= 0.6 is 37.7 Å². The molecule has 0 spiro atoms. The summed E-state index contributed by atoms with van der Waals surface area (Å²) in [7, 11) is 20.0. The SMILES string of the molecule is CC(C)c1cccc(C(C)C)c1-n1ccnc1-c1[c-]c(N(c2[c-]c(-c3ccccn3)ccc2)c2ccccc2)ccc1.CC(C)c1cccc(C(C)C)c1-n1ccnc1-c1cccc(N(c2ccccc2)c2cccc(-c3ccccn3)c2)c1.[Cl][Pt]([Cl])([Cl])[Cl].[K][K].[Pt+2]. The standard InChI is InChI=1S/C38H36N4.C38H34N4.4ClH.2K.2Pt/c2*1-27(2)34-19-12-20-35(28(3)4)37(34)41-24-23-40-38(41)30-14-11-18-33(26-30)42(31-15-6-5-7-16-31)32-17-10-13-29(25-32)36-21-8-9-22-39-36;;;;;;;;/h5-28H,1-4H3;5-24,27-28H,1-4H3;4*1H;;;;/q;-2;;;;;;;+2;+4/p-4. The molecule has 16 heteroatoms. The van der Waals surface area contributed by atoms with Gasteiger partial charge in [0, 0.05) is 76.7 Å². The van der Waals surface area contributed by atoms with Crippen LogP contribution in [0.25, 0.3) is 56.7 Å². The van der Waals surface area contributed by atoms with E-state index in [0.717, 1.165) is 79.4 Å². The van der Waals surface area contributed by atoms with Gasteiger partial charge in [-0.25, -0.2) is 4.98 Å². The van der Waals surface area contributed by atoms with Crippen molar-refractivity contribution in [2.45, 2.75) is 79.1 Å². The van der Waals surface area contributed by atoms with Crippen LogP contribution < -0.4 is 9.80 Å². The number of aromatic nitrogens is 6. The van der Waals surface area contributed by atoms with Crippen molar-refractivity contribution in [1.82, 2.24) is 29.1 Å². The van der Waals surface area contributed by atoms with Crippen LogP contribution in [0.1, 0.15) is 101 Å². The molecule has 4 aromatic heterocycles. The van der Waals surface area contributed by atoms with Gasteiger partial charge >= 0.3 is 134 Å². The number of nitrogens with zero attached hydrogens (tertiary/aromatic N) is 8. The Bertz CT molecular complexity index is 3940. The van der Waals surface area contributed by atoms with Gasteiger partial charge in [0.2, 0.25) is 0 Å². The van der Waals surface area contributed by atoms with E-state index in [4.69, 9.17) is 47.6 Å². The van der Waals surface area contributed by atoms with Crippen LogP contribution in [0.15, 0.2) is 256 Å². The van der Waals surface area contributed by atoms with E-state index in [9.17, 15) is 0 Å². The predicted molar refractivity (Wildman–Crippen MR) is 383 cm³/mol. The van der Waals surface area contributed by atoms with Crippen molar-refractivity contribution in [2.75, 3.05) is 9.80 Å². The van der Waals surface area contributed by atoms with Gasteiger partial charge in [-0.05, 0) is 130 Å². The zero-order chi connectivity index (χ0) is 64.6. The molecule has 0 atom stereocenters. The summed E-state index contributed by atoms with van der Waals surface area (Å²) in [4.78, 5) is 23.4. The summed E-state index contributed by atoms with van der Waals surface area (Å²) in [5, 5.41) is 0. The van der Waals surface area contributed by atoms with Gasteiger partial charge in [0.25, 0.3) is 0 Å². The van der Waals surface area contributed by atoms with Gasteiger partial charge in [-0.15, -0.1) is 59.7 Å². The third kappa shape index (κ3) is 19.1. The molecule has 92 heavy (non-hydrogen) atoms. The van der Waals surface area contributed by atoms with E-state index >= 15 is 0 Å². The number of pyridine rings is 2. The maximum Gasteiger partial charge on any atom is 2.00 e. The number of anilines is 6. The monoisotopic (exact) mass is 1700 g/mol. The quantitative estimate of drug-likeness (QED) is 0.0709. The summed E-state index contributed by atoms with van der Waals surface area (Å²) in [6.45, 7) is 18.0. The first kappa shape index (κ1) is 73.7. The maximum absolute atomic E-state index is 5.01. The Kier molecular flexibility index (Phi) is 28.6.